The fourth-order valence-electron chi connectivity index (χ4n) is 0.878. The first-order valence-electron chi connectivity index (χ1n) is 3.67. The Kier molecular flexibility index (Phi) is 2.81. The second-order valence-electron chi connectivity index (χ2n) is 2.48. The van der Waals surface area contributed by atoms with E-state index in [4.69, 9.17) is 11.6 Å². The Bertz CT molecular complexity index is 309. The van der Waals surface area contributed by atoms with E-state index in [0.29, 0.717) is 12.1 Å². The molecule has 13 heavy (non-hydrogen) atoms. The summed E-state index contributed by atoms with van der Waals surface area (Å²) in [6.45, 7) is 1.73. The summed E-state index contributed by atoms with van der Waals surface area (Å²) in [5.74, 6) is 0. The second kappa shape index (κ2) is 3.54. The van der Waals surface area contributed by atoms with Crippen LogP contribution in [-0.2, 0) is 12.6 Å². The molecule has 0 aromatic carbocycles. The third-order valence-corrected chi connectivity index (χ3v) is 1.84. The first-order valence-corrected chi connectivity index (χ1v) is 4.05. The third-order valence-electron chi connectivity index (χ3n) is 1.53. The maximum Gasteiger partial charge on any atom is 0.434 e. The predicted molar refractivity (Wildman–Crippen MR) is 43.6 cm³/mol. The molecule has 0 atom stereocenters. The zero-order valence-corrected chi connectivity index (χ0v) is 7.58. The van der Waals surface area contributed by atoms with Gasteiger partial charge in [0, 0.05) is 5.69 Å². The lowest BCUT2D eigenvalue weighted by molar-refractivity contribution is -0.141. The van der Waals surface area contributed by atoms with Crippen LogP contribution in [0.2, 0.25) is 5.02 Å². The summed E-state index contributed by atoms with van der Waals surface area (Å²) in [7, 11) is 0. The van der Waals surface area contributed by atoms with Gasteiger partial charge in [0.1, 0.15) is 0 Å². The summed E-state index contributed by atoms with van der Waals surface area (Å²) in [5.41, 5.74) is -0.620. The van der Waals surface area contributed by atoms with Crippen LogP contribution >= 0.6 is 11.6 Å². The number of nitrogens with zero attached hydrogens (tertiary/aromatic N) is 1. The van der Waals surface area contributed by atoms with E-state index < -0.39 is 11.9 Å². The lowest BCUT2D eigenvalue weighted by Gasteiger charge is -2.08. The summed E-state index contributed by atoms with van der Waals surface area (Å²) in [4.78, 5) is 3.41. The highest BCUT2D eigenvalue weighted by Crippen LogP contribution is 2.32. The van der Waals surface area contributed by atoms with Crippen LogP contribution in [0.25, 0.3) is 0 Å². The number of hydrogen-bond donors (Lipinski definition) is 0. The van der Waals surface area contributed by atoms with Crippen molar-refractivity contribution in [3.8, 4) is 0 Å². The van der Waals surface area contributed by atoms with Crippen molar-refractivity contribution in [2.75, 3.05) is 0 Å². The van der Waals surface area contributed by atoms with Gasteiger partial charge in [-0.15, -0.1) is 0 Å². The van der Waals surface area contributed by atoms with Gasteiger partial charge in [-0.05, 0) is 18.6 Å². The van der Waals surface area contributed by atoms with Gasteiger partial charge in [-0.25, -0.2) is 4.98 Å². The normalized spacial score (nSPS) is 11.8. The molecular weight excluding hydrogens is 203 g/mol. The number of alkyl halides is 3. The Balaban J connectivity index is 3.19. The van der Waals surface area contributed by atoms with Crippen molar-refractivity contribution in [1.29, 1.82) is 0 Å². The maximum atomic E-state index is 12.2. The Morgan fingerprint density at radius 2 is 2.00 bits per heavy atom. The van der Waals surface area contributed by atoms with E-state index in [1.165, 1.54) is 12.1 Å². The van der Waals surface area contributed by atoms with Gasteiger partial charge < -0.3 is 0 Å². The minimum atomic E-state index is -4.47. The van der Waals surface area contributed by atoms with Crippen molar-refractivity contribution >= 4 is 11.6 Å². The number of pyridine rings is 1. The average molecular weight is 210 g/mol. The van der Waals surface area contributed by atoms with E-state index >= 15 is 0 Å². The fraction of sp³-hybridized carbons (Fsp3) is 0.375. The van der Waals surface area contributed by atoms with Crippen LogP contribution in [0.3, 0.4) is 0 Å². The topological polar surface area (TPSA) is 12.9 Å². The molecule has 0 saturated heterocycles. The lowest BCUT2D eigenvalue weighted by atomic mass is 10.2. The molecule has 0 saturated carbocycles. The third kappa shape index (κ3) is 2.34. The van der Waals surface area contributed by atoms with Crippen LogP contribution in [-0.4, -0.2) is 4.98 Å². The van der Waals surface area contributed by atoms with Crippen molar-refractivity contribution < 1.29 is 13.2 Å². The van der Waals surface area contributed by atoms with Crippen LogP contribution in [0.5, 0.6) is 0 Å². The monoisotopic (exact) mass is 209 g/mol. The van der Waals surface area contributed by atoms with Crippen molar-refractivity contribution in [3.05, 3.63) is 28.5 Å². The fourth-order valence-corrected chi connectivity index (χ4v) is 1.09. The average Bonchev–Trinajstić information content (AvgIpc) is 2.03. The van der Waals surface area contributed by atoms with Gasteiger partial charge in [-0.3, -0.25) is 0 Å². The number of aryl methyl sites for hydroxylation is 1. The molecule has 0 fully saturated rings. The highest BCUT2D eigenvalue weighted by molar-refractivity contribution is 6.31. The Morgan fingerprint density at radius 1 is 1.38 bits per heavy atom. The minimum absolute atomic E-state index is 0.357. The summed E-state index contributed by atoms with van der Waals surface area (Å²) >= 11 is 5.36. The molecule has 1 aromatic heterocycles. The minimum Gasteiger partial charge on any atom is -0.247 e. The molecule has 0 aliphatic rings. The molecule has 0 amide bonds. The summed E-state index contributed by atoms with van der Waals surface area (Å²) in [6, 6.07) is 2.70. The summed E-state index contributed by atoms with van der Waals surface area (Å²) in [6.07, 6.45) is -4.01. The van der Waals surface area contributed by atoms with Gasteiger partial charge in [-0.1, -0.05) is 18.5 Å². The van der Waals surface area contributed by atoms with E-state index in [9.17, 15) is 13.2 Å². The Hall–Kier alpha value is -0.770. The van der Waals surface area contributed by atoms with E-state index in [2.05, 4.69) is 4.98 Å². The van der Waals surface area contributed by atoms with Crippen LogP contribution in [0, 0.1) is 0 Å². The van der Waals surface area contributed by atoms with Gasteiger partial charge in [-0.2, -0.15) is 13.2 Å². The molecule has 0 aliphatic heterocycles. The van der Waals surface area contributed by atoms with Crippen LogP contribution in [0.1, 0.15) is 18.3 Å². The van der Waals surface area contributed by atoms with E-state index in [1.807, 2.05) is 0 Å². The number of halogens is 4. The zero-order chi connectivity index (χ0) is 10.1. The molecule has 1 nitrogen and oxygen atoms in total. The number of rotatable bonds is 1. The van der Waals surface area contributed by atoms with Crippen molar-refractivity contribution in [2.45, 2.75) is 19.5 Å². The smallest absolute Gasteiger partial charge is 0.247 e. The van der Waals surface area contributed by atoms with Crippen LogP contribution in [0.15, 0.2) is 12.1 Å². The molecule has 5 heteroatoms. The van der Waals surface area contributed by atoms with Gasteiger partial charge >= 0.3 is 6.18 Å². The predicted octanol–water partition coefficient (Wildman–Crippen LogP) is 3.32. The first-order chi connectivity index (χ1) is 5.95. The molecule has 1 heterocycles. The molecule has 72 valence electrons. The van der Waals surface area contributed by atoms with E-state index in [0.717, 1.165) is 0 Å². The molecule has 0 radical (unpaired) electrons. The molecule has 1 rings (SSSR count). The maximum absolute atomic E-state index is 12.2. The highest BCUT2D eigenvalue weighted by Gasteiger charge is 2.35. The van der Waals surface area contributed by atoms with Gasteiger partial charge in [0.25, 0.3) is 0 Å². The largest absolute Gasteiger partial charge is 0.434 e. The van der Waals surface area contributed by atoms with E-state index in [1.54, 1.807) is 6.92 Å². The van der Waals surface area contributed by atoms with Crippen molar-refractivity contribution in [2.24, 2.45) is 0 Å². The molecule has 1 aromatic rings. The van der Waals surface area contributed by atoms with Crippen molar-refractivity contribution in [1.82, 2.24) is 4.98 Å². The molecule has 0 unspecified atom stereocenters. The Labute approximate surface area is 78.5 Å². The Morgan fingerprint density at radius 3 is 2.46 bits per heavy atom. The molecule has 0 bridgehead atoms. The van der Waals surface area contributed by atoms with Gasteiger partial charge in [0.2, 0.25) is 0 Å². The lowest BCUT2D eigenvalue weighted by Crippen LogP contribution is -2.10. The number of hydrogen-bond acceptors (Lipinski definition) is 1. The SMILES string of the molecule is CCc1ccc(Cl)c(C(F)(F)F)n1. The molecule has 0 aliphatic carbocycles. The quantitative estimate of drug-likeness (QED) is 0.692. The molecule has 0 N–H and O–H groups in total. The van der Waals surface area contributed by atoms with Crippen LogP contribution in [0.4, 0.5) is 13.2 Å². The van der Waals surface area contributed by atoms with Crippen LogP contribution < -0.4 is 0 Å². The summed E-state index contributed by atoms with van der Waals surface area (Å²) < 4.78 is 36.7. The van der Waals surface area contributed by atoms with E-state index in [-0.39, 0.29) is 5.02 Å². The number of aromatic nitrogens is 1. The molecule has 0 spiro atoms. The van der Waals surface area contributed by atoms with Gasteiger partial charge in [0.05, 0.1) is 5.02 Å². The van der Waals surface area contributed by atoms with Gasteiger partial charge in [0.15, 0.2) is 5.69 Å². The highest BCUT2D eigenvalue weighted by atomic mass is 35.5. The second-order valence-corrected chi connectivity index (χ2v) is 2.89. The first kappa shape index (κ1) is 10.3. The summed E-state index contributed by atoms with van der Waals surface area (Å²) in [5, 5.41) is -0.357. The standard InChI is InChI=1S/C8H7ClF3N/c1-2-5-3-4-6(9)7(13-5)8(10,11)12/h3-4H,2H2,1H3. The van der Waals surface area contributed by atoms with Crippen molar-refractivity contribution in [3.63, 3.8) is 0 Å². The molecular formula is C8H7ClF3N. The zero-order valence-electron chi connectivity index (χ0n) is 6.82.